The lowest BCUT2D eigenvalue weighted by Gasteiger charge is -2.24. The first-order valence-corrected chi connectivity index (χ1v) is 6.74. The summed E-state index contributed by atoms with van der Waals surface area (Å²) in [6.45, 7) is 2.19. The number of piperidine rings is 1. The Bertz CT molecular complexity index is 525. The van der Waals surface area contributed by atoms with Gasteiger partial charge in [0.05, 0.1) is 0 Å². The number of hydrogen-bond donors (Lipinski definition) is 2. The fourth-order valence-corrected chi connectivity index (χ4v) is 2.47. The minimum atomic E-state index is 0.537. The number of hydrogen-bond acceptors (Lipinski definition) is 4. The predicted octanol–water partition coefficient (Wildman–Crippen LogP) is 1.65. The van der Waals surface area contributed by atoms with Crippen LogP contribution in [0.2, 0.25) is 0 Å². The molecule has 0 saturated carbocycles. The summed E-state index contributed by atoms with van der Waals surface area (Å²) in [6.07, 6.45) is 4.20. The van der Waals surface area contributed by atoms with Crippen molar-refractivity contribution in [3.63, 3.8) is 0 Å². The number of aromatic nitrogens is 3. The van der Waals surface area contributed by atoms with E-state index in [1.807, 2.05) is 11.6 Å². The maximum atomic E-state index is 4.11. The zero-order valence-electron chi connectivity index (χ0n) is 11.1. The minimum absolute atomic E-state index is 0.537. The first kappa shape index (κ1) is 12.2. The highest BCUT2D eigenvalue weighted by Crippen LogP contribution is 2.19. The molecular weight excluding hydrogens is 238 g/mol. The van der Waals surface area contributed by atoms with Crippen LogP contribution in [0, 0.1) is 0 Å². The van der Waals surface area contributed by atoms with Gasteiger partial charge in [0.2, 0.25) is 0 Å². The van der Waals surface area contributed by atoms with Gasteiger partial charge in [-0.1, -0.05) is 0 Å². The van der Waals surface area contributed by atoms with Crippen molar-refractivity contribution >= 4 is 5.69 Å². The van der Waals surface area contributed by atoms with Crippen LogP contribution < -0.4 is 10.6 Å². The number of rotatable bonds is 3. The quantitative estimate of drug-likeness (QED) is 0.878. The minimum Gasteiger partial charge on any atom is -0.381 e. The molecule has 5 heteroatoms. The Morgan fingerprint density at radius 2 is 2.16 bits per heavy atom. The van der Waals surface area contributed by atoms with Gasteiger partial charge in [0, 0.05) is 30.9 Å². The van der Waals surface area contributed by atoms with Crippen LogP contribution in [0.15, 0.2) is 30.6 Å². The highest BCUT2D eigenvalue weighted by Gasteiger charge is 2.12. The molecule has 0 radical (unpaired) electrons. The average Bonchev–Trinajstić information content (AvgIpc) is 2.87. The summed E-state index contributed by atoms with van der Waals surface area (Å²) in [5, 5.41) is 15.0. The second-order valence-corrected chi connectivity index (χ2v) is 5.03. The Labute approximate surface area is 113 Å². The molecule has 100 valence electrons. The zero-order chi connectivity index (χ0) is 13.1. The molecule has 1 aliphatic heterocycles. The van der Waals surface area contributed by atoms with Crippen molar-refractivity contribution in [2.45, 2.75) is 18.9 Å². The van der Waals surface area contributed by atoms with Crippen molar-refractivity contribution in [2.24, 2.45) is 7.05 Å². The summed E-state index contributed by atoms with van der Waals surface area (Å²) in [4.78, 5) is 0. The molecule has 1 fully saturated rings. The van der Waals surface area contributed by atoms with E-state index in [-0.39, 0.29) is 0 Å². The van der Waals surface area contributed by atoms with Crippen LogP contribution in [0.1, 0.15) is 12.8 Å². The molecule has 1 aromatic heterocycles. The van der Waals surface area contributed by atoms with Gasteiger partial charge < -0.3 is 15.2 Å². The number of benzene rings is 1. The Balaban J connectivity index is 1.70. The molecule has 1 unspecified atom stereocenters. The van der Waals surface area contributed by atoms with Gasteiger partial charge in [-0.3, -0.25) is 0 Å². The third kappa shape index (κ3) is 2.76. The molecule has 0 bridgehead atoms. The third-order valence-corrected chi connectivity index (χ3v) is 3.52. The van der Waals surface area contributed by atoms with Crippen LogP contribution >= 0.6 is 0 Å². The number of nitrogens with zero attached hydrogens (tertiary/aromatic N) is 3. The molecule has 2 heterocycles. The van der Waals surface area contributed by atoms with E-state index in [9.17, 15) is 0 Å². The highest BCUT2D eigenvalue weighted by atomic mass is 15.2. The van der Waals surface area contributed by atoms with Crippen LogP contribution in [-0.4, -0.2) is 33.9 Å². The molecule has 2 N–H and O–H groups in total. The molecule has 1 atom stereocenters. The summed E-state index contributed by atoms with van der Waals surface area (Å²) >= 11 is 0. The van der Waals surface area contributed by atoms with Crippen LogP contribution in [-0.2, 0) is 7.05 Å². The van der Waals surface area contributed by atoms with Gasteiger partial charge in [-0.05, 0) is 43.7 Å². The second kappa shape index (κ2) is 5.40. The first-order valence-electron chi connectivity index (χ1n) is 6.74. The molecular formula is C14H19N5. The van der Waals surface area contributed by atoms with Crippen LogP contribution in [0.4, 0.5) is 5.69 Å². The Kier molecular flexibility index (Phi) is 3.46. The number of anilines is 1. The Hall–Kier alpha value is -1.88. The van der Waals surface area contributed by atoms with Gasteiger partial charge >= 0.3 is 0 Å². The van der Waals surface area contributed by atoms with Gasteiger partial charge in [-0.2, -0.15) is 0 Å². The largest absolute Gasteiger partial charge is 0.381 e. The van der Waals surface area contributed by atoms with Crippen molar-refractivity contribution in [3.05, 3.63) is 30.6 Å². The molecule has 5 nitrogen and oxygen atoms in total. The van der Waals surface area contributed by atoms with Gasteiger partial charge in [0.25, 0.3) is 0 Å². The summed E-state index contributed by atoms with van der Waals surface area (Å²) in [6, 6.07) is 8.93. The maximum Gasteiger partial charge on any atom is 0.163 e. The fraction of sp³-hybridized carbons (Fsp3) is 0.429. The summed E-state index contributed by atoms with van der Waals surface area (Å²) in [7, 11) is 1.95. The standard InChI is InChI=1S/C14H19N5/c1-19-10-16-18-14(19)11-4-6-12(7-5-11)17-13-3-2-8-15-9-13/h4-7,10,13,15,17H,2-3,8-9H2,1H3. The topological polar surface area (TPSA) is 54.8 Å². The SMILES string of the molecule is Cn1cnnc1-c1ccc(NC2CCCNC2)cc1. The second-order valence-electron chi connectivity index (χ2n) is 5.03. The predicted molar refractivity (Wildman–Crippen MR) is 76.0 cm³/mol. The van der Waals surface area contributed by atoms with E-state index in [4.69, 9.17) is 0 Å². The lowest BCUT2D eigenvalue weighted by molar-refractivity contribution is 0.480. The summed E-state index contributed by atoms with van der Waals surface area (Å²) in [5.41, 5.74) is 2.26. The molecule has 2 aromatic rings. The van der Waals surface area contributed by atoms with Crippen LogP contribution in [0.25, 0.3) is 11.4 Å². The molecule has 0 amide bonds. The van der Waals surface area contributed by atoms with E-state index in [0.29, 0.717) is 6.04 Å². The Morgan fingerprint density at radius 3 is 2.79 bits per heavy atom. The lowest BCUT2D eigenvalue weighted by Crippen LogP contribution is -2.38. The number of aryl methyl sites for hydroxylation is 1. The summed E-state index contributed by atoms with van der Waals surface area (Å²) < 4.78 is 1.92. The number of nitrogens with one attached hydrogen (secondary N) is 2. The average molecular weight is 257 g/mol. The molecule has 1 aliphatic rings. The van der Waals surface area contributed by atoms with E-state index in [0.717, 1.165) is 24.5 Å². The van der Waals surface area contributed by atoms with Crippen LogP contribution in [0.3, 0.4) is 0 Å². The third-order valence-electron chi connectivity index (χ3n) is 3.52. The van der Waals surface area contributed by atoms with Crippen molar-refractivity contribution in [1.82, 2.24) is 20.1 Å². The van der Waals surface area contributed by atoms with E-state index in [2.05, 4.69) is 45.1 Å². The lowest BCUT2D eigenvalue weighted by atomic mass is 10.1. The van der Waals surface area contributed by atoms with Crippen LogP contribution in [0.5, 0.6) is 0 Å². The van der Waals surface area contributed by atoms with E-state index >= 15 is 0 Å². The van der Waals surface area contributed by atoms with Crippen molar-refractivity contribution in [2.75, 3.05) is 18.4 Å². The molecule has 0 aliphatic carbocycles. The van der Waals surface area contributed by atoms with Crippen molar-refractivity contribution in [3.8, 4) is 11.4 Å². The normalized spacial score (nSPS) is 19.3. The van der Waals surface area contributed by atoms with E-state index in [1.165, 1.54) is 18.5 Å². The van der Waals surface area contributed by atoms with Gasteiger partial charge in [0.15, 0.2) is 5.82 Å². The van der Waals surface area contributed by atoms with Gasteiger partial charge in [0.1, 0.15) is 6.33 Å². The monoisotopic (exact) mass is 257 g/mol. The molecule has 1 aromatic carbocycles. The van der Waals surface area contributed by atoms with Crippen molar-refractivity contribution < 1.29 is 0 Å². The summed E-state index contributed by atoms with van der Waals surface area (Å²) in [5.74, 6) is 0.894. The van der Waals surface area contributed by atoms with E-state index < -0.39 is 0 Å². The molecule has 3 rings (SSSR count). The molecule has 0 spiro atoms. The van der Waals surface area contributed by atoms with Crippen molar-refractivity contribution in [1.29, 1.82) is 0 Å². The smallest absolute Gasteiger partial charge is 0.163 e. The van der Waals surface area contributed by atoms with Gasteiger partial charge in [-0.15, -0.1) is 10.2 Å². The van der Waals surface area contributed by atoms with Gasteiger partial charge in [-0.25, -0.2) is 0 Å². The highest BCUT2D eigenvalue weighted by molar-refractivity contribution is 5.59. The molecule has 19 heavy (non-hydrogen) atoms. The van der Waals surface area contributed by atoms with E-state index in [1.54, 1.807) is 6.33 Å². The zero-order valence-corrected chi connectivity index (χ0v) is 11.1. The fourth-order valence-electron chi connectivity index (χ4n) is 2.47. The Morgan fingerprint density at radius 1 is 1.32 bits per heavy atom. The molecule has 1 saturated heterocycles. The first-order chi connectivity index (χ1) is 9.33. The maximum absolute atomic E-state index is 4.11.